The number of nitrogens with zero attached hydrogens (tertiary/aromatic N) is 1. The Labute approximate surface area is 155 Å². The highest BCUT2D eigenvalue weighted by Gasteiger charge is 2.09. The van der Waals surface area contributed by atoms with Crippen LogP contribution in [-0.4, -0.2) is 16.0 Å². The summed E-state index contributed by atoms with van der Waals surface area (Å²) < 4.78 is 5.77. The number of nitrogens with one attached hydrogen (secondary N) is 2. The minimum absolute atomic E-state index is 0.134. The lowest BCUT2D eigenvalue weighted by atomic mass is 10.1. The molecule has 0 atom stereocenters. The lowest BCUT2D eigenvalue weighted by Gasteiger charge is -2.08. The molecule has 0 unspecified atom stereocenters. The highest BCUT2D eigenvalue weighted by atomic mass is 35.5. The smallest absolute Gasteiger partial charge is 0.225 e. The van der Waals surface area contributed by atoms with E-state index in [1.54, 1.807) is 6.92 Å². The maximum atomic E-state index is 11.3. The van der Waals surface area contributed by atoms with Crippen LogP contribution >= 0.6 is 23.8 Å². The number of rotatable bonds is 4. The molecule has 0 saturated carbocycles. The van der Waals surface area contributed by atoms with E-state index in [0.717, 1.165) is 16.8 Å². The monoisotopic (exact) mass is 373 g/mol. The van der Waals surface area contributed by atoms with Gasteiger partial charge in [-0.25, -0.2) is 4.98 Å². The fraction of sp³-hybridized carbons (Fsp3) is 0.167. The number of benzene rings is 2. The second-order valence-corrected chi connectivity index (χ2v) is 6.29. The van der Waals surface area contributed by atoms with E-state index in [-0.39, 0.29) is 11.0 Å². The van der Waals surface area contributed by atoms with E-state index in [4.69, 9.17) is 28.2 Å². The summed E-state index contributed by atoms with van der Waals surface area (Å²) in [5, 5.41) is 6.52. The third-order valence-corrected chi connectivity index (χ3v) is 3.99. The first-order valence-electron chi connectivity index (χ1n) is 7.78. The molecule has 2 N–H and O–H groups in total. The Morgan fingerprint density at radius 2 is 2.00 bits per heavy atom. The van der Waals surface area contributed by atoms with Crippen molar-refractivity contribution in [1.29, 1.82) is 0 Å². The Hall–Kier alpha value is -2.44. The number of anilines is 1. The number of fused-ring (bicyclic) bond motifs is 1. The Morgan fingerprint density at radius 1 is 1.24 bits per heavy atom. The molecule has 1 heterocycles. The Morgan fingerprint density at radius 3 is 2.72 bits per heavy atom. The second kappa shape index (κ2) is 7.63. The molecule has 2 aromatic carbocycles. The van der Waals surface area contributed by atoms with Gasteiger partial charge in [0.1, 0.15) is 5.52 Å². The van der Waals surface area contributed by atoms with Crippen molar-refractivity contribution < 1.29 is 9.21 Å². The van der Waals surface area contributed by atoms with Crippen LogP contribution in [-0.2, 0) is 11.2 Å². The van der Waals surface area contributed by atoms with Gasteiger partial charge in [0.15, 0.2) is 16.6 Å². The number of amides is 1. The molecule has 5 nitrogen and oxygen atoms in total. The third-order valence-electron chi connectivity index (χ3n) is 3.53. The molecule has 0 aliphatic rings. The van der Waals surface area contributed by atoms with Crippen molar-refractivity contribution in [3.63, 3.8) is 0 Å². The molecule has 1 amide bonds. The Bertz CT molecular complexity index is 922. The normalized spacial score (nSPS) is 10.6. The number of hydrogen-bond acceptors (Lipinski definition) is 4. The number of carbonyl (C=O) groups excluding carboxylic acids is 1. The van der Waals surface area contributed by atoms with Crippen molar-refractivity contribution in [2.75, 3.05) is 5.32 Å². The first kappa shape index (κ1) is 17.4. The van der Waals surface area contributed by atoms with Gasteiger partial charge in [0.2, 0.25) is 5.91 Å². The van der Waals surface area contributed by atoms with E-state index in [0.29, 0.717) is 29.3 Å². The number of oxazole rings is 1. The van der Waals surface area contributed by atoms with Crippen LogP contribution in [0.25, 0.3) is 11.1 Å². The van der Waals surface area contributed by atoms with E-state index in [1.807, 2.05) is 42.5 Å². The molecule has 3 rings (SSSR count). The SMILES string of the molecule is CCC(=O)NC(=S)Nc1ccc2oc(Cc3ccc(Cl)cc3)nc2c1. The molecule has 0 bridgehead atoms. The second-order valence-electron chi connectivity index (χ2n) is 5.45. The van der Waals surface area contributed by atoms with Gasteiger partial charge in [-0.1, -0.05) is 30.7 Å². The highest BCUT2D eigenvalue weighted by Crippen LogP contribution is 2.22. The first-order valence-corrected chi connectivity index (χ1v) is 8.57. The van der Waals surface area contributed by atoms with Gasteiger partial charge in [0, 0.05) is 23.6 Å². The summed E-state index contributed by atoms with van der Waals surface area (Å²) in [6.07, 6.45) is 0.956. The molecular weight excluding hydrogens is 358 g/mol. The topological polar surface area (TPSA) is 67.2 Å². The van der Waals surface area contributed by atoms with E-state index in [2.05, 4.69) is 15.6 Å². The minimum atomic E-state index is -0.134. The standard InChI is InChI=1S/C18H16ClN3O2S/c1-2-16(23)22-18(25)20-13-7-8-15-14(10-13)21-17(24-15)9-11-3-5-12(19)6-4-11/h3-8,10H,2,9H2,1H3,(H2,20,22,23,25). The molecule has 1 aromatic heterocycles. The average molecular weight is 374 g/mol. The van der Waals surface area contributed by atoms with Gasteiger partial charge < -0.3 is 15.1 Å². The predicted octanol–water partition coefficient (Wildman–Crippen LogP) is 4.30. The highest BCUT2D eigenvalue weighted by molar-refractivity contribution is 7.80. The maximum absolute atomic E-state index is 11.3. The van der Waals surface area contributed by atoms with Crippen molar-refractivity contribution >= 4 is 51.6 Å². The largest absolute Gasteiger partial charge is 0.440 e. The Kier molecular flexibility index (Phi) is 5.31. The molecular formula is C18H16ClN3O2S. The average Bonchev–Trinajstić information content (AvgIpc) is 2.98. The minimum Gasteiger partial charge on any atom is -0.440 e. The van der Waals surface area contributed by atoms with Crippen LogP contribution in [0.5, 0.6) is 0 Å². The summed E-state index contributed by atoms with van der Waals surface area (Å²) in [6.45, 7) is 1.77. The molecule has 0 aliphatic heterocycles. The number of aromatic nitrogens is 1. The molecule has 0 spiro atoms. The quantitative estimate of drug-likeness (QED) is 0.667. The third kappa shape index (κ3) is 4.55. The van der Waals surface area contributed by atoms with E-state index in [1.165, 1.54) is 0 Å². The molecule has 7 heteroatoms. The Balaban J connectivity index is 1.73. The molecule has 0 aliphatic carbocycles. The van der Waals surface area contributed by atoms with Gasteiger partial charge in [-0.3, -0.25) is 4.79 Å². The van der Waals surface area contributed by atoms with Crippen LogP contribution in [0.4, 0.5) is 5.69 Å². The molecule has 0 fully saturated rings. The van der Waals surface area contributed by atoms with E-state index < -0.39 is 0 Å². The molecule has 0 radical (unpaired) electrons. The fourth-order valence-electron chi connectivity index (χ4n) is 2.28. The lowest BCUT2D eigenvalue weighted by Crippen LogP contribution is -2.33. The lowest BCUT2D eigenvalue weighted by molar-refractivity contribution is -0.119. The van der Waals surface area contributed by atoms with Crippen molar-refractivity contribution in [1.82, 2.24) is 10.3 Å². The van der Waals surface area contributed by atoms with Crippen molar-refractivity contribution in [2.45, 2.75) is 19.8 Å². The van der Waals surface area contributed by atoms with Crippen molar-refractivity contribution in [3.8, 4) is 0 Å². The summed E-state index contributed by atoms with van der Waals surface area (Å²) in [6, 6.07) is 13.0. The van der Waals surface area contributed by atoms with Gasteiger partial charge in [-0.15, -0.1) is 0 Å². The zero-order chi connectivity index (χ0) is 17.8. The fourth-order valence-corrected chi connectivity index (χ4v) is 2.64. The molecule has 128 valence electrons. The first-order chi connectivity index (χ1) is 12.0. The number of halogens is 1. The molecule has 0 saturated heterocycles. The summed E-state index contributed by atoms with van der Waals surface area (Å²) in [7, 11) is 0. The number of hydrogen-bond donors (Lipinski definition) is 2. The number of thiocarbonyl (C=S) groups is 1. The van der Waals surface area contributed by atoms with Crippen LogP contribution in [0.1, 0.15) is 24.8 Å². The van der Waals surface area contributed by atoms with Crippen LogP contribution in [0.2, 0.25) is 5.02 Å². The van der Waals surface area contributed by atoms with Crippen molar-refractivity contribution in [2.24, 2.45) is 0 Å². The zero-order valence-electron chi connectivity index (χ0n) is 13.5. The van der Waals surface area contributed by atoms with Crippen LogP contribution in [0, 0.1) is 0 Å². The summed E-state index contributed by atoms with van der Waals surface area (Å²) in [4.78, 5) is 15.9. The predicted molar refractivity (Wildman–Crippen MR) is 103 cm³/mol. The van der Waals surface area contributed by atoms with E-state index in [9.17, 15) is 4.79 Å². The van der Waals surface area contributed by atoms with Crippen LogP contribution in [0.3, 0.4) is 0 Å². The van der Waals surface area contributed by atoms with Gasteiger partial charge >= 0.3 is 0 Å². The molecule has 3 aromatic rings. The zero-order valence-corrected chi connectivity index (χ0v) is 15.1. The molecule has 25 heavy (non-hydrogen) atoms. The van der Waals surface area contributed by atoms with Gasteiger partial charge in [0.05, 0.1) is 0 Å². The van der Waals surface area contributed by atoms with Crippen molar-refractivity contribution in [3.05, 3.63) is 58.9 Å². The maximum Gasteiger partial charge on any atom is 0.225 e. The van der Waals surface area contributed by atoms with Gasteiger partial charge in [0.25, 0.3) is 0 Å². The summed E-state index contributed by atoms with van der Waals surface area (Å²) >= 11 is 11.0. The van der Waals surface area contributed by atoms with Gasteiger partial charge in [-0.2, -0.15) is 0 Å². The van der Waals surface area contributed by atoms with Crippen LogP contribution < -0.4 is 10.6 Å². The van der Waals surface area contributed by atoms with Gasteiger partial charge in [-0.05, 0) is 48.1 Å². The summed E-state index contributed by atoms with van der Waals surface area (Å²) in [5.74, 6) is 0.488. The number of carbonyl (C=O) groups is 1. The van der Waals surface area contributed by atoms with E-state index >= 15 is 0 Å². The summed E-state index contributed by atoms with van der Waals surface area (Å²) in [5.41, 5.74) is 3.22. The van der Waals surface area contributed by atoms with Crippen LogP contribution in [0.15, 0.2) is 46.9 Å².